The van der Waals surface area contributed by atoms with Crippen LogP contribution >= 0.6 is 0 Å². The van der Waals surface area contributed by atoms with Gasteiger partial charge in [-0.05, 0) is 30.9 Å². The van der Waals surface area contributed by atoms with Crippen LogP contribution in [0.15, 0.2) is 18.5 Å². The van der Waals surface area contributed by atoms with Crippen molar-refractivity contribution in [1.82, 2.24) is 4.57 Å². The van der Waals surface area contributed by atoms with Gasteiger partial charge in [-0.3, -0.25) is 0 Å². The summed E-state index contributed by atoms with van der Waals surface area (Å²) < 4.78 is 2.21. The second kappa shape index (κ2) is 7.47. The van der Waals surface area contributed by atoms with Gasteiger partial charge >= 0.3 is 0 Å². The molecule has 1 heterocycles. The van der Waals surface area contributed by atoms with Gasteiger partial charge in [0.05, 0.1) is 0 Å². The molecule has 0 aliphatic heterocycles. The first-order valence-electron chi connectivity index (χ1n) is 6.30. The lowest BCUT2D eigenvalue weighted by Crippen LogP contribution is -2.07. The lowest BCUT2D eigenvalue weighted by atomic mass is 10.1. The highest BCUT2D eigenvalue weighted by atomic mass is 16.2. The molecule has 1 aromatic rings. The maximum atomic E-state index is 8.66. The summed E-state index contributed by atoms with van der Waals surface area (Å²) in [7, 11) is 0. The Balaban J connectivity index is 2.24. The number of nitrogens with two attached hydrogens (primary N) is 1. The molecule has 0 amide bonds. The fourth-order valence-electron chi connectivity index (χ4n) is 1.81. The quantitative estimate of drug-likeness (QED) is 0.666. The highest BCUT2D eigenvalue weighted by molar-refractivity contribution is 5.14. The summed E-state index contributed by atoms with van der Waals surface area (Å²) in [5.41, 5.74) is 7.19. The summed E-state index contributed by atoms with van der Waals surface area (Å²) in [5.74, 6) is 0. The Morgan fingerprint density at radius 3 is 2.75 bits per heavy atom. The topological polar surface area (TPSA) is 51.2 Å². The average Bonchev–Trinajstić information content (AvgIpc) is 2.76. The SMILES string of the molecule is CCC(N)c1ccn(CCCCCCO)c1. The predicted molar refractivity (Wildman–Crippen MR) is 67.2 cm³/mol. The molecule has 1 rings (SSSR count). The Morgan fingerprint density at radius 1 is 1.31 bits per heavy atom. The van der Waals surface area contributed by atoms with E-state index < -0.39 is 0 Å². The molecule has 0 saturated carbocycles. The van der Waals surface area contributed by atoms with Crippen molar-refractivity contribution in [1.29, 1.82) is 0 Å². The van der Waals surface area contributed by atoms with Gasteiger partial charge in [-0.25, -0.2) is 0 Å². The van der Waals surface area contributed by atoms with Crippen LogP contribution in [0.1, 0.15) is 50.6 Å². The fraction of sp³-hybridized carbons (Fsp3) is 0.692. The van der Waals surface area contributed by atoms with Gasteiger partial charge in [-0.1, -0.05) is 19.8 Å². The third kappa shape index (κ3) is 4.37. The number of aliphatic hydroxyl groups is 1. The maximum absolute atomic E-state index is 8.66. The zero-order valence-corrected chi connectivity index (χ0v) is 10.2. The monoisotopic (exact) mass is 224 g/mol. The maximum Gasteiger partial charge on any atom is 0.0431 e. The fourth-order valence-corrected chi connectivity index (χ4v) is 1.81. The number of hydrogen-bond acceptors (Lipinski definition) is 2. The number of unbranched alkanes of at least 4 members (excludes halogenated alkanes) is 3. The Kier molecular flexibility index (Phi) is 6.19. The van der Waals surface area contributed by atoms with E-state index in [9.17, 15) is 0 Å². The van der Waals surface area contributed by atoms with Crippen molar-refractivity contribution in [2.45, 2.75) is 51.6 Å². The standard InChI is InChI=1S/C13H24N2O/c1-2-13(14)12-7-9-15(11-12)8-5-3-4-6-10-16/h7,9,11,13,16H,2-6,8,10,14H2,1H3. The van der Waals surface area contributed by atoms with Crippen molar-refractivity contribution in [3.8, 4) is 0 Å². The van der Waals surface area contributed by atoms with Crippen LogP contribution in [-0.2, 0) is 6.54 Å². The molecule has 16 heavy (non-hydrogen) atoms. The van der Waals surface area contributed by atoms with Crippen LogP contribution in [0.5, 0.6) is 0 Å². The minimum Gasteiger partial charge on any atom is -0.396 e. The van der Waals surface area contributed by atoms with Crippen LogP contribution in [0.2, 0.25) is 0 Å². The van der Waals surface area contributed by atoms with Gasteiger partial charge < -0.3 is 15.4 Å². The normalized spacial score (nSPS) is 12.9. The van der Waals surface area contributed by atoms with E-state index >= 15 is 0 Å². The number of rotatable bonds is 8. The van der Waals surface area contributed by atoms with Gasteiger partial charge in [0, 0.05) is 31.6 Å². The Morgan fingerprint density at radius 2 is 2.06 bits per heavy atom. The summed E-state index contributed by atoms with van der Waals surface area (Å²) in [5, 5.41) is 8.66. The molecule has 92 valence electrons. The van der Waals surface area contributed by atoms with Crippen molar-refractivity contribution < 1.29 is 5.11 Å². The van der Waals surface area contributed by atoms with E-state index in [-0.39, 0.29) is 6.04 Å². The van der Waals surface area contributed by atoms with E-state index in [1.54, 1.807) is 0 Å². The van der Waals surface area contributed by atoms with Crippen molar-refractivity contribution in [3.63, 3.8) is 0 Å². The summed E-state index contributed by atoms with van der Waals surface area (Å²) in [6, 6.07) is 2.29. The van der Waals surface area contributed by atoms with Gasteiger partial charge in [0.25, 0.3) is 0 Å². The molecule has 3 N–H and O–H groups in total. The van der Waals surface area contributed by atoms with Crippen LogP contribution < -0.4 is 5.73 Å². The lowest BCUT2D eigenvalue weighted by Gasteiger charge is -2.05. The molecule has 3 nitrogen and oxygen atoms in total. The highest BCUT2D eigenvalue weighted by Gasteiger charge is 2.04. The molecule has 1 unspecified atom stereocenters. The molecule has 0 aliphatic rings. The second-order valence-corrected chi connectivity index (χ2v) is 4.34. The third-order valence-electron chi connectivity index (χ3n) is 2.97. The summed E-state index contributed by atoms with van der Waals surface area (Å²) in [6.07, 6.45) is 9.66. The van der Waals surface area contributed by atoms with E-state index in [1.165, 1.54) is 18.4 Å². The molecule has 0 fully saturated rings. The van der Waals surface area contributed by atoms with Crippen molar-refractivity contribution in [2.24, 2.45) is 5.73 Å². The van der Waals surface area contributed by atoms with Gasteiger partial charge in [-0.15, -0.1) is 0 Å². The molecule has 0 radical (unpaired) electrons. The molecule has 1 aromatic heterocycles. The van der Waals surface area contributed by atoms with Crippen LogP contribution in [0.3, 0.4) is 0 Å². The van der Waals surface area contributed by atoms with E-state index in [2.05, 4.69) is 30.0 Å². The van der Waals surface area contributed by atoms with E-state index in [0.29, 0.717) is 6.61 Å². The smallest absolute Gasteiger partial charge is 0.0431 e. The van der Waals surface area contributed by atoms with Crippen LogP contribution in [0, 0.1) is 0 Å². The first-order chi connectivity index (χ1) is 7.77. The van der Waals surface area contributed by atoms with Crippen LogP contribution in [0.4, 0.5) is 0 Å². The molecule has 0 aromatic carbocycles. The van der Waals surface area contributed by atoms with Crippen LogP contribution in [-0.4, -0.2) is 16.3 Å². The molecule has 0 saturated heterocycles. The molecule has 0 spiro atoms. The van der Waals surface area contributed by atoms with Crippen molar-refractivity contribution >= 4 is 0 Å². The number of aromatic nitrogens is 1. The van der Waals surface area contributed by atoms with Crippen molar-refractivity contribution in [3.05, 3.63) is 24.0 Å². The predicted octanol–water partition coefficient (Wildman–Crippen LogP) is 2.45. The van der Waals surface area contributed by atoms with Gasteiger partial charge in [-0.2, -0.15) is 0 Å². The van der Waals surface area contributed by atoms with Crippen molar-refractivity contribution in [2.75, 3.05) is 6.61 Å². The van der Waals surface area contributed by atoms with Gasteiger partial charge in [0.15, 0.2) is 0 Å². The minimum atomic E-state index is 0.177. The summed E-state index contributed by atoms with van der Waals surface area (Å²) >= 11 is 0. The Bertz CT molecular complexity index is 283. The van der Waals surface area contributed by atoms with E-state index in [4.69, 9.17) is 10.8 Å². The van der Waals surface area contributed by atoms with Crippen LogP contribution in [0.25, 0.3) is 0 Å². The largest absolute Gasteiger partial charge is 0.396 e. The highest BCUT2D eigenvalue weighted by Crippen LogP contribution is 2.14. The number of hydrogen-bond donors (Lipinski definition) is 2. The average molecular weight is 224 g/mol. The summed E-state index contributed by atoms with van der Waals surface area (Å²) in [4.78, 5) is 0. The molecular weight excluding hydrogens is 200 g/mol. The van der Waals surface area contributed by atoms with Gasteiger partial charge in [0.2, 0.25) is 0 Å². The first kappa shape index (κ1) is 13.3. The number of nitrogens with zero attached hydrogens (tertiary/aromatic N) is 1. The first-order valence-corrected chi connectivity index (χ1v) is 6.30. The zero-order valence-electron chi connectivity index (χ0n) is 10.2. The summed E-state index contributed by atoms with van der Waals surface area (Å²) in [6.45, 7) is 3.48. The lowest BCUT2D eigenvalue weighted by molar-refractivity contribution is 0.282. The minimum absolute atomic E-state index is 0.177. The number of aliphatic hydroxyl groups excluding tert-OH is 1. The second-order valence-electron chi connectivity index (χ2n) is 4.34. The van der Waals surface area contributed by atoms with Gasteiger partial charge in [0.1, 0.15) is 0 Å². The van der Waals surface area contributed by atoms with E-state index in [1.807, 2.05) is 0 Å². The molecule has 1 atom stereocenters. The number of aryl methyl sites for hydroxylation is 1. The Labute approximate surface area is 98.3 Å². The Hall–Kier alpha value is -0.800. The zero-order chi connectivity index (χ0) is 11.8. The van der Waals surface area contributed by atoms with E-state index in [0.717, 1.165) is 25.8 Å². The molecule has 0 bridgehead atoms. The molecular formula is C13H24N2O. The molecule has 3 heteroatoms. The third-order valence-corrected chi connectivity index (χ3v) is 2.97. The molecule has 0 aliphatic carbocycles.